The zero-order valence-corrected chi connectivity index (χ0v) is 20.8. The third kappa shape index (κ3) is 5.12. The Morgan fingerprint density at radius 2 is 1.17 bits per heavy atom. The van der Waals surface area contributed by atoms with Gasteiger partial charge in [-0.2, -0.15) is 0 Å². The minimum absolute atomic E-state index is 0.0649. The van der Waals surface area contributed by atoms with Gasteiger partial charge in [-0.3, -0.25) is 4.79 Å². The normalized spacial score (nSPS) is 12.1. The fourth-order valence-corrected chi connectivity index (χ4v) is 5.40. The van der Waals surface area contributed by atoms with Crippen molar-refractivity contribution in [3.63, 3.8) is 0 Å². The molecule has 6 heteroatoms. The van der Waals surface area contributed by atoms with E-state index in [1.807, 2.05) is 80.5 Å². The van der Waals surface area contributed by atoms with E-state index >= 15 is 0 Å². The zero-order chi connectivity index (χ0) is 25.0. The SMILES string of the molecule is Cc1ccc(S(=O)(=O)N(C(=O)C(c2ccccc2)c2ccc(N(C)C)cc2)c2ccccc2)cc1. The first kappa shape index (κ1) is 24.2. The van der Waals surface area contributed by atoms with Crippen LogP contribution in [0.15, 0.2) is 114 Å². The maximum Gasteiger partial charge on any atom is 0.270 e. The average Bonchev–Trinajstić information content (AvgIpc) is 2.86. The lowest BCUT2D eigenvalue weighted by atomic mass is 9.90. The van der Waals surface area contributed by atoms with Crippen molar-refractivity contribution in [2.24, 2.45) is 0 Å². The molecule has 4 aromatic rings. The topological polar surface area (TPSA) is 57.7 Å². The van der Waals surface area contributed by atoms with Gasteiger partial charge in [0.15, 0.2) is 0 Å². The van der Waals surface area contributed by atoms with Gasteiger partial charge in [-0.15, -0.1) is 0 Å². The predicted molar refractivity (Wildman–Crippen MR) is 141 cm³/mol. The fraction of sp³-hybridized carbons (Fsp3) is 0.138. The molecule has 1 atom stereocenters. The highest BCUT2D eigenvalue weighted by Gasteiger charge is 2.37. The Bertz CT molecular complexity index is 1380. The fourth-order valence-electron chi connectivity index (χ4n) is 3.97. The highest BCUT2D eigenvalue weighted by atomic mass is 32.2. The Morgan fingerprint density at radius 3 is 1.71 bits per heavy atom. The molecule has 0 saturated heterocycles. The molecule has 0 radical (unpaired) electrons. The second-order valence-corrected chi connectivity index (χ2v) is 10.4. The van der Waals surface area contributed by atoms with Gasteiger partial charge in [0.05, 0.1) is 16.5 Å². The number of sulfonamides is 1. The Kier molecular flexibility index (Phi) is 7.03. The van der Waals surface area contributed by atoms with Gasteiger partial charge in [-0.25, -0.2) is 12.7 Å². The first-order chi connectivity index (χ1) is 16.8. The van der Waals surface area contributed by atoms with Crippen LogP contribution in [0.4, 0.5) is 11.4 Å². The van der Waals surface area contributed by atoms with Gasteiger partial charge in [-0.05, 0) is 54.4 Å². The summed E-state index contributed by atoms with van der Waals surface area (Å²) >= 11 is 0. The molecule has 0 spiro atoms. The van der Waals surface area contributed by atoms with E-state index in [0.717, 1.165) is 21.1 Å². The molecule has 0 aliphatic rings. The molecule has 0 aliphatic heterocycles. The summed E-state index contributed by atoms with van der Waals surface area (Å²) in [5, 5.41) is 0. The van der Waals surface area contributed by atoms with E-state index in [1.54, 1.807) is 42.5 Å². The van der Waals surface area contributed by atoms with Crippen LogP contribution in [-0.2, 0) is 14.8 Å². The molecule has 0 bridgehead atoms. The van der Waals surface area contributed by atoms with Crippen molar-refractivity contribution in [1.29, 1.82) is 0 Å². The molecule has 35 heavy (non-hydrogen) atoms. The summed E-state index contributed by atoms with van der Waals surface area (Å²) in [7, 11) is -0.288. The number of hydrogen-bond acceptors (Lipinski definition) is 4. The van der Waals surface area contributed by atoms with Crippen molar-refractivity contribution < 1.29 is 13.2 Å². The van der Waals surface area contributed by atoms with Crippen LogP contribution in [-0.4, -0.2) is 28.4 Å². The molecule has 0 fully saturated rings. The van der Waals surface area contributed by atoms with Crippen LogP contribution in [0.1, 0.15) is 22.6 Å². The van der Waals surface area contributed by atoms with Gasteiger partial charge in [0.25, 0.3) is 15.9 Å². The second-order valence-electron chi connectivity index (χ2n) is 8.59. The van der Waals surface area contributed by atoms with E-state index < -0.39 is 21.8 Å². The molecule has 1 amide bonds. The Labute approximate surface area is 207 Å². The molecular formula is C29H28N2O3S. The molecule has 1 unspecified atom stereocenters. The first-order valence-electron chi connectivity index (χ1n) is 11.3. The molecule has 4 aromatic carbocycles. The van der Waals surface area contributed by atoms with Crippen LogP contribution in [0, 0.1) is 6.92 Å². The van der Waals surface area contributed by atoms with E-state index in [9.17, 15) is 13.2 Å². The quantitative estimate of drug-likeness (QED) is 0.342. The van der Waals surface area contributed by atoms with Crippen molar-refractivity contribution in [2.75, 3.05) is 23.3 Å². The van der Waals surface area contributed by atoms with Gasteiger partial charge in [0.2, 0.25) is 0 Å². The Hall–Kier alpha value is -3.90. The first-order valence-corrected chi connectivity index (χ1v) is 12.8. The van der Waals surface area contributed by atoms with Crippen molar-refractivity contribution in [1.82, 2.24) is 0 Å². The van der Waals surface area contributed by atoms with Crippen LogP contribution < -0.4 is 9.21 Å². The molecule has 0 saturated carbocycles. The standard InChI is InChI=1S/C29H28N2O3S/c1-22-14-20-27(21-15-22)35(33,34)31(26-12-8-5-9-13-26)29(32)28(23-10-6-4-7-11-23)24-16-18-25(19-17-24)30(2)3/h4-21,28H,1-3H3. The van der Waals surface area contributed by atoms with Gasteiger partial charge < -0.3 is 4.90 Å². The highest BCUT2D eigenvalue weighted by Crippen LogP contribution is 2.33. The third-order valence-electron chi connectivity index (χ3n) is 5.87. The number of benzene rings is 4. The van der Waals surface area contributed by atoms with E-state index in [1.165, 1.54) is 12.1 Å². The van der Waals surface area contributed by atoms with Crippen molar-refractivity contribution in [3.05, 3.63) is 126 Å². The second kappa shape index (κ2) is 10.2. The monoisotopic (exact) mass is 484 g/mol. The van der Waals surface area contributed by atoms with E-state index in [2.05, 4.69) is 0 Å². The maximum absolute atomic E-state index is 14.3. The number of para-hydroxylation sites is 1. The lowest BCUT2D eigenvalue weighted by molar-refractivity contribution is -0.118. The van der Waals surface area contributed by atoms with Crippen molar-refractivity contribution in [2.45, 2.75) is 17.7 Å². The van der Waals surface area contributed by atoms with Crippen LogP contribution in [0.2, 0.25) is 0 Å². The van der Waals surface area contributed by atoms with Crippen molar-refractivity contribution in [3.8, 4) is 0 Å². The number of hydrogen-bond donors (Lipinski definition) is 0. The minimum atomic E-state index is -4.18. The number of anilines is 2. The van der Waals surface area contributed by atoms with E-state index in [4.69, 9.17) is 0 Å². The smallest absolute Gasteiger partial charge is 0.270 e. The Morgan fingerprint density at radius 1 is 0.657 bits per heavy atom. The summed E-state index contributed by atoms with van der Waals surface area (Å²) in [4.78, 5) is 16.3. The summed E-state index contributed by atoms with van der Waals surface area (Å²) in [6.07, 6.45) is 0. The number of carbonyl (C=O) groups excluding carboxylic acids is 1. The maximum atomic E-state index is 14.3. The predicted octanol–water partition coefficient (Wildman–Crippen LogP) is 5.62. The van der Waals surface area contributed by atoms with E-state index in [-0.39, 0.29) is 4.90 Å². The number of aryl methyl sites for hydroxylation is 1. The average molecular weight is 485 g/mol. The molecule has 0 aliphatic carbocycles. The highest BCUT2D eigenvalue weighted by molar-refractivity contribution is 7.93. The molecule has 4 rings (SSSR count). The van der Waals surface area contributed by atoms with Crippen LogP contribution in [0.5, 0.6) is 0 Å². The zero-order valence-electron chi connectivity index (χ0n) is 20.0. The van der Waals surface area contributed by atoms with Gasteiger partial charge in [0, 0.05) is 19.8 Å². The molecular weight excluding hydrogens is 456 g/mol. The van der Waals surface area contributed by atoms with Crippen LogP contribution >= 0.6 is 0 Å². The number of carbonyl (C=O) groups is 1. The largest absolute Gasteiger partial charge is 0.378 e. The summed E-state index contributed by atoms with van der Waals surface area (Å²) < 4.78 is 28.7. The summed E-state index contributed by atoms with van der Waals surface area (Å²) in [5.41, 5.74) is 3.65. The minimum Gasteiger partial charge on any atom is -0.378 e. The summed E-state index contributed by atoms with van der Waals surface area (Å²) in [6, 6.07) is 32.0. The lowest BCUT2D eigenvalue weighted by Gasteiger charge is -2.28. The molecule has 5 nitrogen and oxygen atoms in total. The Balaban J connectivity index is 1.89. The number of rotatable bonds is 7. The molecule has 0 aromatic heterocycles. The van der Waals surface area contributed by atoms with Gasteiger partial charge in [-0.1, -0.05) is 78.4 Å². The summed E-state index contributed by atoms with van der Waals surface area (Å²) in [6.45, 7) is 1.89. The van der Waals surface area contributed by atoms with Gasteiger partial charge in [0.1, 0.15) is 0 Å². The molecule has 178 valence electrons. The lowest BCUT2D eigenvalue weighted by Crippen LogP contribution is -2.40. The molecule has 0 N–H and O–H groups in total. The van der Waals surface area contributed by atoms with Crippen molar-refractivity contribution >= 4 is 27.3 Å². The summed E-state index contributed by atoms with van der Waals surface area (Å²) in [5.74, 6) is -1.35. The van der Waals surface area contributed by atoms with Crippen LogP contribution in [0.25, 0.3) is 0 Å². The van der Waals surface area contributed by atoms with Crippen LogP contribution in [0.3, 0.4) is 0 Å². The molecule has 0 heterocycles. The van der Waals surface area contributed by atoms with Gasteiger partial charge >= 0.3 is 0 Å². The number of nitrogens with zero attached hydrogens (tertiary/aromatic N) is 2. The van der Waals surface area contributed by atoms with E-state index in [0.29, 0.717) is 11.3 Å². The number of amides is 1. The third-order valence-corrected chi connectivity index (χ3v) is 7.61.